The van der Waals surface area contributed by atoms with Gasteiger partial charge in [-0.2, -0.15) is 0 Å². The van der Waals surface area contributed by atoms with Gasteiger partial charge in [-0.05, 0) is 52.3 Å². The normalized spacial score (nSPS) is 10.7. The molecule has 33 heavy (non-hydrogen) atoms. The van der Waals surface area contributed by atoms with Crippen LogP contribution in [0.1, 0.15) is 66.4 Å². The molecular formula is C24H26N2O7. The number of hydrogen-bond acceptors (Lipinski definition) is 8. The predicted molar refractivity (Wildman–Crippen MR) is 118 cm³/mol. The number of aromatic nitrogens is 2. The summed E-state index contributed by atoms with van der Waals surface area (Å²) in [7, 11) is 0. The Labute approximate surface area is 191 Å². The van der Waals surface area contributed by atoms with Crippen molar-refractivity contribution < 1.29 is 33.1 Å². The maximum atomic E-state index is 12.8. The minimum Gasteiger partial charge on any atom is -0.488 e. The van der Waals surface area contributed by atoms with Crippen LogP contribution in [0.4, 0.5) is 0 Å². The molecule has 0 saturated heterocycles. The number of ketones is 1. The lowest BCUT2D eigenvalue weighted by Gasteiger charge is -2.11. The van der Waals surface area contributed by atoms with Crippen molar-refractivity contribution in [3.8, 4) is 5.75 Å². The largest absolute Gasteiger partial charge is 0.488 e. The van der Waals surface area contributed by atoms with Gasteiger partial charge in [-0.3, -0.25) is 4.79 Å². The van der Waals surface area contributed by atoms with Gasteiger partial charge in [0.15, 0.2) is 6.61 Å². The topological polar surface area (TPSA) is 121 Å². The number of para-hydroxylation sites is 1. The number of rotatable bonds is 9. The van der Waals surface area contributed by atoms with Crippen molar-refractivity contribution in [2.24, 2.45) is 0 Å². The van der Waals surface area contributed by atoms with Crippen LogP contribution in [0, 0.1) is 27.7 Å². The summed E-state index contributed by atoms with van der Waals surface area (Å²) in [5, 5.41) is 3.88. The summed E-state index contributed by atoms with van der Waals surface area (Å²) in [5.74, 6) is -0.724. The zero-order valence-electron chi connectivity index (χ0n) is 19.2. The van der Waals surface area contributed by atoms with Gasteiger partial charge in [0.25, 0.3) is 0 Å². The quantitative estimate of drug-likeness (QED) is 0.380. The molecule has 0 aliphatic carbocycles. The van der Waals surface area contributed by atoms with Crippen molar-refractivity contribution in [2.45, 2.75) is 41.2 Å². The van der Waals surface area contributed by atoms with Crippen molar-refractivity contribution in [3.05, 3.63) is 69.4 Å². The average Bonchev–Trinajstić information content (AvgIpc) is 3.27. The molecular weight excluding hydrogens is 428 g/mol. The molecule has 3 aromatic rings. The Morgan fingerprint density at radius 1 is 1.03 bits per heavy atom. The van der Waals surface area contributed by atoms with Gasteiger partial charge in [0.1, 0.15) is 29.4 Å². The third-order valence-electron chi connectivity index (χ3n) is 5.19. The minimum atomic E-state index is -0.700. The molecule has 174 valence electrons. The summed E-state index contributed by atoms with van der Waals surface area (Å²) in [4.78, 5) is 40.4. The molecule has 1 aromatic carbocycles. The fourth-order valence-corrected chi connectivity index (χ4v) is 3.48. The lowest BCUT2D eigenvalue weighted by molar-refractivity contribution is 0.0468. The van der Waals surface area contributed by atoms with E-state index < -0.39 is 24.3 Å². The number of H-pyrrole nitrogens is 1. The lowest BCUT2D eigenvalue weighted by atomic mass is 10.1. The van der Waals surface area contributed by atoms with E-state index in [0.29, 0.717) is 34.0 Å². The molecule has 0 aliphatic heterocycles. The lowest BCUT2D eigenvalue weighted by Crippen LogP contribution is -2.16. The third-order valence-corrected chi connectivity index (χ3v) is 5.19. The summed E-state index contributed by atoms with van der Waals surface area (Å²) < 4.78 is 21.2. The van der Waals surface area contributed by atoms with E-state index in [1.807, 2.05) is 0 Å². The van der Waals surface area contributed by atoms with E-state index in [0.717, 1.165) is 5.56 Å². The predicted octanol–water partition coefficient (Wildman–Crippen LogP) is 4.03. The molecule has 9 heteroatoms. The van der Waals surface area contributed by atoms with Crippen LogP contribution in [0.5, 0.6) is 5.75 Å². The van der Waals surface area contributed by atoms with E-state index in [4.69, 9.17) is 18.7 Å². The SMILES string of the molecule is CCOC(=O)c1[nH]c(C)c(C(=O)COC(=O)c2ccccc2OCc2c(C)noc2C)c1C. The highest BCUT2D eigenvalue weighted by Crippen LogP contribution is 2.23. The smallest absolute Gasteiger partial charge is 0.355 e. The van der Waals surface area contributed by atoms with Crippen LogP contribution in [-0.4, -0.2) is 41.1 Å². The maximum absolute atomic E-state index is 12.8. The molecule has 0 spiro atoms. The molecule has 0 atom stereocenters. The first-order valence-electron chi connectivity index (χ1n) is 10.4. The number of Topliss-reactive ketones (excluding diaryl/α,β-unsaturated/α-hetero) is 1. The van der Waals surface area contributed by atoms with Crippen LogP contribution >= 0.6 is 0 Å². The Bertz CT molecular complexity index is 1170. The second-order valence-corrected chi connectivity index (χ2v) is 7.43. The Morgan fingerprint density at radius 3 is 2.42 bits per heavy atom. The van der Waals surface area contributed by atoms with E-state index in [1.54, 1.807) is 58.9 Å². The van der Waals surface area contributed by atoms with Crippen LogP contribution in [-0.2, 0) is 16.1 Å². The number of benzene rings is 1. The van der Waals surface area contributed by atoms with Crippen molar-refractivity contribution in [2.75, 3.05) is 13.2 Å². The zero-order chi connectivity index (χ0) is 24.1. The monoisotopic (exact) mass is 454 g/mol. The summed E-state index contributed by atoms with van der Waals surface area (Å²) in [6.07, 6.45) is 0. The van der Waals surface area contributed by atoms with Crippen LogP contribution in [0.2, 0.25) is 0 Å². The van der Waals surface area contributed by atoms with Gasteiger partial charge in [-0.1, -0.05) is 17.3 Å². The van der Waals surface area contributed by atoms with Crippen LogP contribution in [0.15, 0.2) is 28.8 Å². The molecule has 2 heterocycles. The van der Waals surface area contributed by atoms with Crippen LogP contribution in [0.3, 0.4) is 0 Å². The summed E-state index contributed by atoms with van der Waals surface area (Å²) in [6.45, 7) is 8.49. The summed E-state index contributed by atoms with van der Waals surface area (Å²) in [5.41, 5.74) is 3.15. The molecule has 0 radical (unpaired) electrons. The molecule has 0 aliphatic rings. The second kappa shape index (κ2) is 10.2. The third kappa shape index (κ3) is 5.14. The van der Waals surface area contributed by atoms with E-state index in [1.165, 1.54) is 0 Å². The summed E-state index contributed by atoms with van der Waals surface area (Å²) in [6, 6.07) is 6.60. The highest BCUT2D eigenvalue weighted by Gasteiger charge is 2.24. The molecule has 0 unspecified atom stereocenters. The fraction of sp³-hybridized carbons (Fsp3) is 0.333. The Morgan fingerprint density at radius 2 is 1.76 bits per heavy atom. The van der Waals surface area contributed by atoms with Crippen molar-refractivity contribution >= 4 is 17.7 Å². The molecule has 9 nitrogen and oxygen atoms in total. The van der Waals surface area contributed by atoms with Gasteiger partial charge < -0.3 is 23.7 Å². The van der Waals surface area contributed by atoms with E-state index in [2.05, 4.69) is 10.1 Å². The van der Waals surface area contributed by atoms with Gasteiger partial charge in [0.05, 0.1) is 17.9 Å². The Kier molecular flexibility index (Phi) is 7.32. The first kappa shape index (κ1) is 23.8. The van der Waals surface area contributed by atoms with Gasteiger partial charge in [-0.15, -0.1) is 0 Å². The molecule has 0 saturated carbocycles. The Balaban J connectivity index is 1.69. The molecule has 0 amide bonds. The molecule has 2 aromatic heterocycles. The maximum Gasteiger partial charge on any atom is 0.355 e. The number of carbonyl (C=O) groups is 3. The van der Waals surface area contributed by atoms with Gasteiger partial charge in [-0.25, -0.2) is 9.59 Å². The van der Waals surface area contributed by atoms with E-state index in [-0.39, 0.29) is 24.5 Å². The van der Waals surface area contributed by atoms with Crippen molar-refractivity contribution in [3.63, 3.8) is 0 Å². The fourth-order valence-electron chi connectivity index (χ4n) is 3.48. The second-order valence-electron chi connectivity index (χ2n) is 7.43. The minimum absolute atomic E-state index is 0.169. The molecule has 1 N–H and O–H groups in total. The highest BCUT2D eigenvalue weighted by atomic mass is 16.5. The van der Waals surface area contributed by atoms with Crippen LogP contribution in [0.25, 0.3) is 0 Å². The zero-order valence-corrected chi connectivity index (χ0v) is 19.2. The number of nitrogens with zero attached hydrogens (tertiary/aromatic N) is 1. The molecule has 3 rings (SSSR count). The number of nitrogens with one attached hydrogen (secondary N) is 1. The summed E-state index contributed by atoms with van der Waals surface area (Å²) >= 11 is 0. The van der Waals surface area contributed by atoms with E-state index >= 15 is 0 Å². The highest BCUT2D eigenvalue weighted by molar-refractivity contribution is 6.04. The Hall–Kier alpha value is -3.88. The number of hydrogen-bond donors (Lipinski definition) is 1. The first-order valence-corrected chi connectivity index (χ1v) is 10.4. The van der Waals surface area contributed by atoms with Gasteiger partial charge >= 0.3 is 11.9 Å². The average molecular weight is 454 g/mol. The standard InChI is InChI=1S/C24H26N2O7/c1-6-30-24(29)22-13(2)21(15(4)25-22)19(27)12-32-23(28)17-9-7-8-10-20(17)31-11-18-14(3)26-33-16(18)5/h7-10,25H,6,11-12H2,1-5H3. The number of carbonyl (C=O) groups excluding carboxylic acids is 3. The van der Waals surface area contributed by atoms with E-state index in [9.17, 15) is 14.4 Å². The number of ether oxygens (including phenoxy) is 3. The van der Waals surface area contributed by atoms with Crippen molar-refractivity contribution in [1.82, 2.24) is 10.1 Å². The van der Waals surface area contributed by atoms with Gasteiger partial charge in [0.2, 0.25) is 5.78 Å². The molecule has 0 bridgehead atoms. The van der Waals surface area contributed by atoms with Crippen LogP contribution < -0.4 is 4.74 Å². The number of aryl methyl sites for hydroxylation is 3. The molecule has 0 fully saturated rings. The number of aromatic amines is 1. The first-order chi connectivity index (χ1) is 15.7. The number of esters is 2. The van der Waals surface area contributed by atoms with Crippen molar-refractivity contribution in [1.29, 1.82) is 0 Å². The van der Waals surface area contributed by atoms with Gasteiger partial charge in [0, 0.05) is 11.3 Å².